The number of hydrogen-bond acceptors (Lipinski definition) is 4. The summed E-state index contributed by atoms with van der Waals surface area (Å²) in [6.45, 7) is 7.97. The SMILES string of the molecule is CCCN(CCC)c1ncc(C(=O)Nc2cc(Cl)ccc2C)cn1. The van der Waals surface area contributed by atoms with Gasteiger partial charge in [0, 0.05) is 36.2 Å². The maximum absolute atomic E-state index is 12.4. The molecule has 0 spiro atoms. The highest BCUT2D eigenvalue weighted by Crippen LogP contribution is 2.21. The monoisotopic (exact) mass is 346 g/mol. The van der Waals surface area contributed by atoms with E-state index in [4.69, 9.17) is 11.6 Å². The summed E-state index contributed by atoms with van der Waals surface area (Å²) in [4.78, 5) is 23.2. The van der Waals surface area contributed by atoms with Crippen LogP contribution in [0.2, 0.25) is 5.02 Å². The molecule has 0 aliphatic rings. The molecule has 1 amide bonds. The molecular formula is C18H23ClN4O. The van der Waals surface area contributed by atoms with E-state index in [9.17, 15) is 4.79 Å². The van der Waals surface area contributed by atoms with Crippen molar-refractivity contribution in [2.45, 2.75) is 33.6 Å². The molecule has 1 aromatic carbocycles. The van der Waals surface area contributed by atoms with Gasteiger partial charge in [-0.25, -0.2) is 9.97 Å². The third-order valence-electron chi connectivity index (χ3n) is 3.62. The van der Waals surface area contributed by atoms with Gasteiger partial charge in [0.15, 0.2) is 0 Å². The lowest BCUT2D eigenvalue weighted by molar-refractivity contribution is 0.102. The second-order valence-corrected chi connectivity index (χ2v) is 6.11. The van der Waals surface area contributed by atoms with Crippen molar-refractivity contribution in [3.05, 3.63) is 46.7 Å². The van der Waals surface area contributed by atoms with Gasteiger partial charge in [-0.1, -0.05) is 31.5 Å². The van der Waals surface area contributed by atoms with E-state index in [-0.39, 0.29) is 5.91 Å². The van der Waals surface area contributed by atoms with Crippen LogP contribution >= 0.6 is 11.6 Å². The minimum atomic E-state index is -0.246. The van der Waals surface area contributed by atoms with Crippen molar-refractivity contribution in [3.63, 3.8) is 0 Å². The molecule has 1 aromatic heterocycles. The molecule has 0 atom stereocenters. The zero-order valence-electron chi connectivity index (χ0n) is 14.3. The Bertz CT molecular complexity index is 682. The first kappa shape index (κ1) is 18.2. The van der Waals surface area contributed by atoms with E-state index in [0.29, 0.717) is 22.2 Å². The molecule has 128 valence electrons. The summed E-state index contributed by atoms with van der Waals surface area (Å²) < 4.78 is 0. The van der Waals surface area contributed by atoms with Crippen molar-refractivity contribution in [1.82, 2.24) is 9.97 Å². The Morgan fingerprint density at radius 2 is 1.79 bits per heavy atom. The average Bonchev–Trinajstić information content (AvgIpc) is 2.58. The van der Waals surface area contributed by atoms with E-state index in [2.05, 4.69) is 34.0 Å². The number of anilines is 2. The van der Waals surface area contributed by atoms with Crippen LogP contribution in [-0.4, -0.2) is 29.0 Å². The van der Waals surface area contributed by atoms with Gasteiger partial charge >= 0.3 is 0 Å². The second-order valence-electron chi connectivity index (χ2n) is 5.67. The molecule has 0 bridgehead atoms. The maximum Gasteiger partial charge on any atom is 0.258 e. The standard InChI is InChI=1S/C18H23ClN4O/c1-4-8-23(9-5-2)18-20-11-14(12-21-18)17(24)22-16-10-15(19)7-6-13(16)3/h6-7,10-12H,4-5,8-9H2,1-3H3,(H,22,24). The number of hydrogen-bond donors (Lipinski definition) is 1. The minimum absolute atomic E-state index is 0.246. The molecule has 0 radical (unpaired) electrons. The number of amides is 1. The molecule has 0 aliphatic heterocycles. The van der Waals surface area contributed by atoms with Gasteiger partial charge < -0.3 is 10.2 Å². The fourth-order valence-electron chi connectivity index (χ4n) is 2.38. The van der Waals surface area contributed by atoms with Crippen LogP contribution < -0.4 is 10.2 Å². The fourth-order valence-corrected chi connectivity index (χ4v) is 2.55. The van der Waals surface area contributed by atoms with Crippen LogP contribution in [0.3, 0.4) is 0 Å². The lowest BCUT2D eigenvalue weighted by atomic mass is 10.2. The molecule has 0 unspecified atom stereocenters. The molecule has 0 saturated carbocycles. The smallest absolute Gasteiger partial charge is 0.258 e. The van der Waals surface area contributed by atoms with E-state index in [1.807, 2.05) is 13.0 Å². The Kier molecular flexibility index (Phi) is 6.55. The number of aromatic nitrogens is 2. The van der Waals surface area contributed by atoms with Gasteiger partial charge in [0.1, 0.15) is 0 Å². The van der Waals surface area contributed by atoms with Crippen LogP contribution in [0.5, 0.6) is 0 Å². The topological polar surface area (TPSA) is 58.1 Å². The molecule has 0 saturated heterocycles. The molecule has 2 aromatic rings. The summed E-state index contributed by atoms with van der Waals surface area (Å²) in [6.07, 6.45) is 5.19. The van der Waals surface area contributed by atoms with Crippen molar-refractivity contribution in [2.75, 3.05) is 23.3 Å². The van der Waals surface area contributed by atoms with E-state index in [0.717, 1.165) is 31.5 Å². The predicted octanol–water partition coefficient (Wildman–Crippen LogP) is 4.32. The molecule has 6 heteroatoms. The lowest BCUT2D eigenvalue weighted by Crippen LogP contribution is -2.27. The number of carbonyl (C=O) groups excluding carboxylic acids is 1. The third-order valence-corrected chi connectivity index (χ3v) is 3.85. The largest absolute Gasteiger partial charge is 0.341 e. The Balaban J connectivity index is 2.12. The first-order valence-corrected chi connectivity index (χ1v) is 8.57. The van der Waals surface area contributed by atoms with Gasteiger partial charge in [0.05, 0.1) is 5.56 Å². The second kappa shape index (κ2) is 8.64. The zero-order valence-corrected chi connectivity index (χ0v) is 15.1. The number of halogens is 1. The summed E-state index contributed by atoms with van der Waals surface area (Å²) in [6, 6.07) is 5.39. The first-order valence-electron chi connectivity index (χ1n) is 8.19. The van der Waals surface area contributed by atoms with Gasteiger partial charge in [-0.15, -0.1) is 0 Å². The number of rotatable bonds is 7. The van der Waals surface area contributed by atoms with Crippen molar-refractivity contribution >= 4 is 29.1 Å². The number of nitrogens with zero attached hydrogens (tertiary/aromatic N) is 3. The molecule has 2 rings (SSSR count). The fraction of sp³-hybridized carbons (Fsp3) is 0.389. The van der Waals surface area contributed by atoms with Crippen molar-refractivity contribution in [2.24, 2.45) is 0 Å². The minimum Gasteiger partial charge on any atom is -0.341 e. The summed E-state index contributed by atoms with van der Waals surface area (Å²) in [5.74, 6) is 0.415. The summed E-state index contributed by atoms with van der Waals surface area (Å²) >= 11 is 5.98. The van der Waals surface area contributed by atoms with Crippen LogP contribution in [0.15, 0.2) is 30.6 Å². The van der Waals surface area contributed by atoms with E-state index in [1.54, 1.807) is 24.5 Å². The molecule has 1 heterocycles. The number of benzene rings is 1. The van der Waals surface area contributed by atoms with Gasteiger partial charge in [-0.3, -0.25) is 4.79 Å². The quantitative estimate of drug-likeness (QED) is 0.811. The number of nitrogens with one attached hydrogen (secondary N) is 1. The van der Waals surface area contributed by atoms with Crippen LogP contribution in [0.25, 0.3) is 0 Å². The highest BCUT2D eigenvalue weighted by Gasteiger charge is 2.12. The maximum atomic E-state index is 12.4. The Hall–Kier alpha value is -2.14. The zero-order chi connectivity index (χ0) is 17.5. The van der Waals surface area contributed by atoms with Crippen LogP contribution in [0, 0.1) is 6.92 Å². The lowest BCUT2D eigenvalue weighted by Gasteiger charge is -2.21. The molecule has 1 N–H and O–H groups in total. The van der Waals surface area contributed by atoms with Crippen molar-refractivity contribution < 1.29 is 4.79 Å². The van der Waals surface area contributed by atoms with E-state index < -0.39 is 0 Å². The Morgan fingerprint density at radius 3 is 2.38 bits per heavy atom. The number of carbonyl (C=O) groups is 1. The average molecular weight is 347 g/mol. The Labute approximate surface area is 148 Å². The van der Waals surface area contributed by atoms with Crippen molar-refractivity contribution in [1.29, 1.82) is 0 Å². The van der Waals surface area contributed by atoms with Gasteiger partial charge in [-0.2, -0.15) is 0 Å². The van der Waals surface area contributed by atoms with Crippen LogP contribution in [0.1, 0.15) is 42.6 Å². The normalized spacial score (nSPS) is 10.5. The predicted molar refractivity (Wildman–Crippen MR) is 99.0 cm³/mol. The van der Waals surface area contributed by atoms with E-state index >= 15 is 0 Å². The molecule has 5 nitrogen and oxygen atoms in total. The summed E-state index contributed by atoms with van der Waals surface area (Å²) in [5, 5.41) is 3.43. The molecular weight excluding hydrogens is 324 g/mol. The van der Waals surface area contributed by atoms with Crippen molar-refractivity contribution in [3.8, 4) is 0 Å². The Morgan fingerprint density at radius 1 is 1.17 bits per heavy atom. The van der Waals surface area contributed by atoms with Crippen LogP contribution in [0.4, 0.5) is 11.6 Å². The molecule has 0 aliphatic carbocycles. The molecule has 24 heavy (non-hydrogen) atoms. The van der Waals surface area contributed by atoms with Crippen LogP contribution in [-0.2, 0) is 0 Å². The third kappa shape index (κ3) is 4.68. The highest BCUT2D eigenvalue weighted by atomic mass is 35.5. The van der Waals surface area contributed by atoms with Gasteiger partial charge in [0.25, 0.3) is 5.91 Å². The summed E-state index contributed by atoms with van der Waals surface area (Å²) in [5.41, 5.74) is 2.06. The van der Waals surface area contributed by atoms with E-state index in [1.165, 1.54) is 0 Å². The summed E-state index contributed by atoms with van der Waals surface area (Å²) in [7, 11) is 0. The molecule has 0 fully saturated rings. The number of aryl methyl sites for hydroxylation is 1. The van der Waals surface area contributed by atoms with Gasteiger partial charge in [0.2, 0.25) is 5.95 Å². The first-order chi connectivity index (χ1) is 11.5. The van der Waals surface area contributed by atoms with Gasteiger partial charge in [-0.05, 0) is 37.5 Å². The highest BCUT2D eigenvalue weighted by molar-refractivity contribution is 6.31.